The standard InChI is InChI=1S/C11H13/c1-10(2)8-9-11-6-4-3-5-7-11/h3-7,10H,8-9H2,1H3. The van der Waals surface area contributed by atoms with Crippen molar-refractivity contribution in [3.05, 3.63) is 42.8 Å². The van der Waals surface area contributed by atoms with Gasteiger partial charge in [-0.3, -0.25) is 0 Å². The zero-order valence-corrected chi connectivity index (χ0v) is 6.88. The van der Waals surface area contributed by atoms with E-state index >= 15 is 0 Å². The van der Waals surface area contributed by atoms with Gasteiger partial charge in [-0.1, -0.05) is 37.3 Å². The van der Waals surface area contributed by atoms with Gasteiger partial charge < -0.3 is 0 Å². The maximum Gasteiger partial charge on any atom is -0.00596 e. The fraction of sp³-hybridized carbons (Fsp3) is 0.364. The Hall–Kier alpha value is -0.780. The molecule has 0 nitrogen and oxygen atoms in total. The summed E-state index contributed by atoms with van der Waals surface area (Å²) in [4.78, 5) is 0. The van der Waals surface area contributed by atoms with Crippen LogP contribution in [-0.4, -0.2) is 0 Å². The Morgan fingerprint density at radius 1 is 1.27 bits per heavy atom. The summed E-state index contributed by atoms with van der Waals surface area (Å²) in [7, 11) is 0. The van der Waals surface area contributed by atoms with Crippen molar-refractivity contribution in [1.82, 2.24) is 0 Å². The molecule has 3 radical (unpaired) electrons. The van der Waals surface area contributed by atoms with Crippen LogP contribution in [0.4, 0.5) is 0 Å². The molecular formula is C11H13. The monoisotopic (exact) mass is 145 g/mol. The Kier molecular flexibility index (Phi) is 3.15. The zero-order valence-electron chi connectivity index (χ0n) is 6.88. The molecule has 0 saturated carbocycles. The van der Waals surface area contributed by atoms with E-state index in [1.54, 1.807) is 0 Å². The number of rotatable bonds is 3. The highest BCUT2D eigenvalue weighted by molar-refractivity contribution is 5.14. The lowest BCUT2D eigenvalue weighted by Gasteiger charge is -2.02. The molecule has 0 aliphatic rings. The van der Waals surface area contributed by atoms with Crippen molar-refractivity contribution >= 4 is 0 Å². The van der Waals surface area contributed by atoms with Gasteiger partial charge in [0.2, 0.25) is 0 Å². The molecule has 0 aliphatic heterocycles. The first-order valence-corrected chi connectivity index (χ1v) is 4.04. The number of hydrogen-bond acceptors (Lipinski definition) is 0. The van der Waals surface area contributed by atoms with Gasteiger partial charge in [0.25, 0.3) is 0 Å². The molecule has 57 valence electrons. The van der Waals surface area contributed by atoms with Crippen molar-refractivity contribution in [2.45, 2.75) is 19.8 Å². The third-order valence-corrected chi connectivity index (χ3v) is 1.71. The molecule has 0 bridgehead atoms. The van der Waals surface area contributed by atoms with Gasteiger partial charge in [-0.05, 0) is 31.2 Å². The molecule has 0 heterocycles. The van der Waals surface area contributed by atoms with Crippen LogP contribution in [0.1, 0.15) is 18.9 Å². The summed E-state index contributed by atoms with van der Waals surface area (Å²) >= 11 is 0. The SMILES string of the molecule is [C]C(C)CCc1ccccc1. The fourth-order valence-corrected chi connectivity index (χ4v) is 1.03. The lowest BCUT2D eigenvalue weighted by molar-refractivity contribution is 0.644. The molecule has 1 aromatic rings. The van der Waals surface area contributed by atoms with Crippen LogP contribution in [0.25, 0.3) is 0 Å². The van der Waals surface area contributed by atoms with Gasteiger partial charge in [0, 0.05) is 0 Å². The van der Waals surface area contributed by atoms with Crippen LogP contribution in [0.3, 0.4) is 0 Å². The maximum absolute atomic E-state index is 7.33. The van der Waals surface area contributed by atoms with Gasteiger partial charge in [0.1, 0.15) is 0 Å². The summed E-state index contributed by atoms with van der Waals surface area (Å²) in [5.74, 6) is 0.0650. The normalized spacial score (nSPS) is 10.5. The van der Waals surface area contributed by atoms with Gasteiger partial charge in [-0.15, -0.1) is 0 Å². The van der Waals surface area contributed by atoms with Gasteiger partial charge in [0.15, 0.2) is 0 Å². The lowest BCUT2D eigenvalue weighted by Crippen LogP contribution is -1.91. The van der Waals surface area contributed by atoms with Crippen molar-refractivity contribution in [2.24, 2.45) is 5.92 Å². The van der Waals surface area contributed by atoms with Gasteiger partial charge in [0.05, 0.1) is 0 Å². The molecule has 0 aliphatic carbocycles. The Labute approximate surface area is 69.3 Å². The molecule has 0 saturated heterocycles. The predicted molar refractivity (Wildman–Crippen MR) is 47.2 cm³/mol. The van der Waals surface area contributed by atoms with Crippen molar-refractivity contribution < 1.29 is 0 Å². The highest BCUT2D eigenvalue weighted by Gasteiger charge is 1.95. The van der Waals surface area contributed by atoms with E-state index in [1.807, 2.05) is 25.1 Å². The summed E-state index contributed by atoms with van der Waals surface area (Å²) in [6.45, 7) is 9.26. The van der Waals surface area contributed by atoms with Gasteiger partial charge in [-0.25, -0.2) is 0 Å². The highest BCUT2D eigenvalue weighted by Crippen LogP contribution is 2.07. The molecule has 1 atom stereocenters. The molecule has 0 amide bonds. The number of benzene rings is 1. The van der Waals surface area contributed by atoms with Crippen LogP contribution in [0, 0.1) is 12.8 Å². The van der Waals surface area contributed by atoms with E-state index in [0.717, 1.165) is 12.8 Å². The summed E-state index contributed by atoms with van der Waals surface area (Å²) in [6.07, 6.45) is 2.00. The second-order valence-electron chi connectivity index (χ2n) is 2.93. The molecule has 11 heavy (non-hydrogen) atoms. The molecular weight excluding hydrogens is 132 g/mol. The number of aryl methyl sites for hydroxylation is 1. The lowest BCUT2D eigenvalue weighted by atomic mass is 10.0. The van der Waals surface area contributed by atoms with Crippen LogP contribution >= 0.6 is 0 Å². The first-order valence-electron chi connectivity index (χ1n) is 4.04. The molecule has 0 aromatic heterocycles. The third kappa shape index (κ3) is 3.22. The molecule has 0 spiro atoms. The highest BCUT2D eigenvalue weighted by atomic mass is 14.0. The van der Waals surface area contributed by atoms with Crippen molar-refractivity contribution in [3.8, 4) is 0 Å². The molecule has 1 aromatic carbocycles. The van der Waals surface area contributed by atoms with Gasteiger partial charge >= 0.3 is 0 Å². The number of hydrogen-bond donors (Lipinski definition) is 0. The van der Waals surface area contributed by atoms with Crippen molar-refractivity contribution in [1.29, 1.82) is 0 Å². The average molecular weight is 145 g/mol. The fourth-order valence-electron chi connectivity index (χ4n) is 1.03. The molecule has 0 fully saturated rings. The zero-order chi connectivity index (χ0) is 8.10. The van der Waals surface area contributed by atoms with E-state index in [4.69, 9.17) is 6.92 Å². The summed E-state index contributed by atoms with van der Waals surface area (Å²) in [6, 6.07) is 10.3. The topological polar surface area (TPSA) is 0 Å². The third-order valence-electron chi connectivity index (χ3n) is 1.71. The van der Waals surface area contributed by atoms with Crippen LogP contribution in [-0.2, 0) is 6.42 Å². The Balaban J connectivity index is 2.39. The van der Waals surface area contributed by atoms with Crippen LogP contribution in [0.2, 0.25) is 0 Å². The van der Waals surface area contributed by atoms with E-state index in [2.05, 4.69) is 12.1 Å². The minimum absolute atomic E-state index is 0.0650. The predicted octanol–water partition coefficient (Wildman–Crippen LogP) is 2.84. The van der Waals surface area contributed by atoms with Gasteiger partial charge in [-0.2, -0.15) is 0 Å². The van der Waals surface area contributed by atoms with Crippen molar-refractivity contribution in [3.63, 3.8) is 0 Å². The molecule has 0 heteroatoms. The van der Waals surface area contributed by atoms with Crippen LogP contribution in [0.5, 0.6) is 0 Å². The summed E-state index contributed by atoms with van der Waals surface area (Å²) < 4.78 is 0. The maximum atomic E-state index is 7.33. The molecule has 1 rings (SSSR count). The van der Waals surface area contributed by atoms with Crippen molar-refractivity contribution in [2.75, 3.05) is 0 Å². The molecule has 1 unspecified atom stereocenters. The van der Waals surface area contributed by atoms with E-state index < -0.39 is 0 Å². The Bertz CT molecular complexity index is 186. The minimum atomic E-state index is 0.0650. The van der Waals surface area contributed by atoms with E-state index in [-0.39, 0.29) is 5.92 Å². The largest absolute Gasteiger partial charge is 0.0622 e. The smallest absolute Gasteiger partial charge is 0.00596 e. The minimum Gasteiger partial charge on any atom is -0.0622 e. The average Bonchev–Trinajstić information content (AvgIpc) is 2.03. The summed E-state index contributed by atoms with van der Waals surface area (Å²) in [5, 5.41) is 0. The van der Waals surface area contributed by atoms with Crippen LogP contribution in [0.15, 0.2) is 30.3 Å². The quantitative estimate of drug-likeness (QED) is 0.613. The molecule has 0 N–H and O–H groups in total. The Morgan fingerprint density at radius 3 is 2.45 bits per heavy atom. The first-order chi connectivity index (χ1) is 5.29. The van der Waals surface area contributed by atoms with E-state index in [0.29, 0.717) is 0 Å². The second-order valence-corrected chi connectivity index (χ2v) is 2.93. The summed E-state index contributed by atoms with van der Waals surface area (Å²) in [5.41, 5.74) is 1.34. The first kappa shape index (κ1) is 8.32. The second kappa shape index (κ2) is 4.17. The van der Waals surface area contributed by atoms with E-state index in [9.17, 15) is 0 Å². The Morgan fingerprint density at radius 2 is 1.91 bits per heavy atom. The van der Waals surface area contributed by atoms with Crippen LogP contribution < -0.4 is 0 Å². The van der Waals surface area contributed by atoms with E-state index in [1.165, 1.54) is 5.56 Å².